The third-order valence-corrected chi connectivity index (χ3v) is 2.09. The molecule has 2 heteroatoms. The number of fused-ring (bicyclic) bond motifs is 1. The maximum Gasteiger partial charge on any atom is 0.176 e. The van der Waals surface area contributed by atoms with Crippen molar-refractivity contribution in [1.29, 1.82) is 0 Å². The summed E-state index contributed by atoms with van der Waals surface area (Å²) in [4.78, 5) is 0. The van der Waals surface area contributed by atoms with Crippen LogP contribution in [-0.4, -0.2) is 0 Å². The number of benzene rings is 1. The Morgan fingerprint density at radius 1 is 1.14 bits per heavy atom. The zero-order chi connectivity index (χ0) is 9.10. The molecule has 0 radical (unpaired) electrons. The summed E-state index contributed by atoms with van der Waals surface area (Å²) in [5, 5.41) is 2.55. The predicted molar refractivity (Wildman–Crippen MR) is 54.3 cm³/mol. The molecule has 1 aromatic heterocycles. The van der Waals surface area contributed by atoms with Crippen LogP contribution in [0.25, 0.3) is 10.8 Å². The second-order valence-electron chi connectivity index (χ2n) is 3.06. The van der Waals surface area contributed by atoms with Crippen LogP contribution >= 0.6 is 0 Å². The number of nitrogens with zero attached hydrogens (tertiary/aromatic N) is 1. The highest BCUT2D eigenvalue weighted by molar-refractivity contribution is 5.80. The van der Waals surface area contributed by atoms with Gasteiger partial charge in [0.1, 0.15) is 0 Å². The summed E-state index contributed by atoms with van der Waals surface area (Å²) in [7, 11) is 0. The molecule has 1 aromatic carbocycles. The van der Waals surface area contributed by atoms with Gasteiger partial charge in [0.05, 0.1) is 0 Å². The largest absolute Gasteiger partial charge is 1.00 e. The molecule has 2 rings (SSSR count). The van der Waals surface area contributed by atoms with E-state index in [1.165, 1.54) is 10.8 Å². The minimum atomic E-state index is 0. The summed E-state index contributed by atoms with van der Waals surface area (Å²) in [6, 6.07) is 10.5. The number of aromatic nitrogens is 1. The topological polar surface area (TPSA) is 3.88 Å². The van der Waals surface area contributed by atoms with E-state index >= 15 is 0 Å². The van der Waals surface area contributed by atoms with Gasteiger partial charge in [-0.1, -0.05) is 24.8 Å². The lowest BCUT2D eigenvalue weighted by molar-refractivity contribution is -0.685. The highest BCUT2D eigenvalue weighted by Gasteiger charge is 1.98. The molecule has 0 aliphatic rings. The summed E-state index contributed by atoms with van der Waals surface area (Å²) in [6.07, 6.45) is 6.11. The van der Waals surface area contributed by atoms with Gasteiger partial charge in [-0.05, 0) is 17.5 Å². The van der Waals surface area contributed by atoms with Crippen molar-refractivity contribution >= 4 is 10.8 Å². The van der Waals surface area contributed by atoms with E-state index in [1.807, 2.05) is 6.08 Å². The maximum atomic E-state index is 3.72. The Hall–Kier alpha value is -1.34. The molecule has 0 aliphatic heterocycles. The average Bonchev–Trinajstić information content (AvgIpc) is 2.18. The lowest BCUT2D eigenvalue weighted by atomic mass is 10.2. The van der Waals surface area contributed by atoms with E-state index in [0.29, 0.717) is 0 Å². The molecule has 0 unspecified atom stereocenters. The highest BCUT2D eigenvalue weighted by Crippen LogP contribution is 2.09. The lowest BCUT2D eigenvalue weighted by Gasteiger charge is -1.95. The smallest absolute Gasteiger partial charge is 0.176 e. The minimum Gasteiger partial charge on any atom is -1.00 e. The Morgan fingerprint density at radius 2 is 1.86 bits per heavy atom. The fourth-order valence-electron chi connectivity index (χ4n) is 1.44. The zero-order valence-electron chi connectivity index (χ0n) is 7.86. The van der Waals surface area contributed by atoms with Crippen LogP contribution in [0.3, 0.4) is 0 Å². The van der Waals surface area contributed by atoms with Crippen molar-refractivity contribution in [1.82, 2.24) is 0 Å². The summed E-state index contributed by atoms with van der Waals surface area (Å²) in [6.45, 7) is 4.58. The highest BCUT2D eigenvalue weighted by atomic mass is 35.5. The molecule has 0 atom stereocenters. The van der Waals surface area contributed by atoms with Crippen LogP contribution in [0.15, 0.2) is 55.4 Å². The first-order chi connectivity index (χ1) is 6.40. The van der Waals surface area contributed by atoms with Crippen molar-refractivity contribution < 1.29 is 17.0 Å². The van der Waals surface area contributed by atoms with Gasteiger partial charge < -0.3 is 12.4 Å². The molecule has 72 valence electrons. The van der Waals surface area contributed by atoms with Gasteiger partial charge in [-0.2, -0.15) is 0 Å². The van der Waals surface area contributed by atoms with Gasteiger partial charge in [0.2, 0.25) is 0 Å². The molecule has 0 amide bonds. The van der Waals surface area contributed by atoms with Crippen molar-refractivity contribution in [3.05, 3.63) is 55.4 Å². The van der Waals surface area contributed by atoms with E-state index in [4.69, 9.17) is 0 Å². The van der Waals surface area contributed by atoms with Gasteiger partial charge in [0.15, 0.2) is 18.9 Å². The van der Waals surface area contributed by atoms with Crippen molar-refractivity contribution in [3.8, 4) is 0 Å². The van der Waals surface area contributed by atoms with Crippen molar-refractivity contribution in [2.75, 3.05) is 0 Å². The fraction of sp³-hybridized carbons (Fsp3) is 0.0833. The molecule has 1 nitrogen and oxygen atoms in total. The molecule has 0 spiro atoms. The normalized spacial score (nSPS) is 9.43. The van der Waals surface area contributed by atoms with Gasteiger partial charge in [-0.15, -0.1) is 0 Å². The Bertz CT molecular complexity index is 437. The number of halogens is 1. The predicted octanol–water partition coefficient (Wildman–Crippen LogP) is -0.683. The third kappa shape index (κ3) is 2.12. The van der Waals surface area contributed by atoms with E-state index in [1.54, 1.807) is 0 Å². The van der Waals surface area contributed by atoms with Crippen LogP contribution in [0.1, 0.15) is 0 Å². The first kappa shape index (κ1) is 10.7. The third-order valence-electron chi connectivity index (χ3n) is 2.09. The van der Waals surface area contributed by atoms with Gasteiger partial charge in [0.25, 0.3) is 0 Å². The van der Waals surface area contributed by atoms with Crippen LogP contribution in [-0.2, 0) is 6.54 Å². The summed E-state index contributed by atoms with van der Waals surface area (Å²) < 4.78 is 2.12. The van der Waals surface area contributed by atoms with Crippen LogP contribution in [0.5, 0.6) is 0 Å². The Labute approximate surface area is 90.1 Å². The number of hydrogen-bond acceptors (Lipinski definition) is 0. The second-order valence-corrected chi connectivity index (χ2v) is 3.06. The number of pyridine rings is 1. The van der Waals surface area contributed by atoms with Gasteiger partial charge >= 0.3 is 0 Å². The SMILES string of the molecule is C=CC[n+]1ccc2ccccc2c1.[Cl-]. The quantitative estimate of drug-likeness (QED) is 0.452. The van der Waals surface area contributed by atoms with Crippen molar-refractivity contribution in [2.24, 2.45) is 0 Å². The molecule has 0 saturated carbocycles. The lowest BCUT2D eigenvalue weighted by Crippen LogP contribution is -3.00. The molecule has 0 aliphatic carbocycles. The van der Waals surface area contributed by atoms with Crippen molar-refractivity contribution in [2.45, 2.75) is 6.54 Å². The van der Waals surface area contributed by atoms with Crippen LogP contribution in [0.4, 0.5) is 0 Å². The Morgan fingerprint density at radius 3 is 2.57 bits per heavy atom. The van der Waals surface area contributed by atoms with E-state index < -0.39 is 0 Å². The van der Waals surface area contributed by atoms with Gasteiger partial charge in [-0.3, -0.25) is 0 Å². The minimum absolute atomic E-state index is 0. The van der Waals surface area contributed by atoms with E-state index in [2.05, 4.69) is 53.9 Å². The molecule has 0 saturated heterocycles. The molecular weight excluding hydrogens is 194 g/mol. The van der Waals surface area contributed by atoms with E-state index in [-0.39, 0.29) is 12.4 Å². The second kappa shape index (κ2) is 4.77. The van der Waals surface area contributed by atoms with E-state index in [0.717, 1.165) is 6.54 Å². The summed E-state index contributed by atoms with van der Waals surface area (Å²) in [5.41, 5.74) is 0. The number of rotatable bonds is 2. The monoisotopic (exact) mass is 205 g/mol. The number of allylic oxidation sites excluding steroid dienone is 1. The molecule has 14 heavy (non-hydrogen) atoms. The molecular formula is C12H12ClN. The molecule has 0 bridgehead atoms. The van der Waals surface area contributed by atoms with E-state index in [9.17, 15) is 0 Å². The Balaban J connectivity index is 0.000000980. The molecule has 1 heterocycles. The van der Waals surface area contributed by atoms with Crippen LogP contribution in [0.2, 0.25) is 0 Å². The number of hydrogen-bond donors (Lipinski definition) is 0. The molecule has 2 aromatic rings. The first-order valence-electron chi connectivity index (χ1n) is 4.39. The first-order valence-corrected chi connectivity index (χ1v) is 4.39. The zero-order valence-corrected chi connectivity index (χ0v) is 8.61. The average molecular weight is 206 g/mol. The summed E-state index contributed by atoms with van der Waals surface area (Å²) >= 11 is 0. The Kier molecular flexibility index (Phi) is 3.66. The molecule has 0 fully saturated rings. The fourth-order valence-corrected chi connectivity index (χ4v) is 1.44. The van der Waals surface area contributed by atoms with Crippen LogP contribution < -0.4 is 17.0 Å². The van der Waals surface area contributed by atoms with Crippen LogP contribution in [0, 0.1) is 0 Å². The maximum absolute atomic E-state index is 3.72. The van der Waals surface area contributed by atoms with Crippen molar-refractivity contribution in [3.63, 3.8) is 0 Å². The summed E-state index contributed by atoms with van der Waals surface area (Å²) in [5.74, 6) is 0. The van der Waals surface area contributed by atoms with Gasteiger partial charge in [-0.25, -0.2) is 4.57 Å². The standard InChI is InChI=1S/C12H12N.ClH/c1-2-8-13-9-7-11-5-3-4-6-12(11)10-13;/h2-7,9-10H,1,8H2;1H/q+1;/p-1. The molecule has 0 N–H and O–H groups in total. The van der Waals surface area contributed by atoms with Gasteiger partial charge in [0, 0.05) is 11.5 Å².